The van der Waals surface area contributed by atoms with Gasteiger partial charge in [-0.25, -0.2) is 9.48 Å². The Labute approximate surface area is 194 Å². The molecule has 2 aliphatic rings. The van der Waals surface area contributed by atoms with Crippen molar-refractivity contribution in [3.05, 3.63) is 30.0 Å². The van der Waals surface area contributed by atoms with Crippen molar-refractivity contribution in [3.8, 4) is 17.0 Å². The van der Waals surface area contributed by atoms with E-state index in [1.165, 1.54) is 12.8 Å². The van der Waals surface area contributed by atoms with Crippen molar-refractivity contribution in [3.63, 3.8) is 0 Å². The van der Waals surface area contributed by atoms with Crippen LogP contribution in [-0.2, 0) is 23.1 Å². The molecule has 1 aromatic heterocycles. The fraction of sp³-hybridized carbons (Fsp3) is 0.583. The van der Waals surface area contributed by atoms with Gasteiger partial charge in [-0.1, -0.05) is 18.1 Å². The third-order valence-electron chi connectivity index (χ3n) is 6.80. The third kappa shape index (κ3) is 5.64. The SMILES string of the molecule is CN(C(=O)NCc1c(-c2ccc(O[C@H]3CCC[C@H](OC=O)C3)cc2)nnn1C)C1CCCC1. The number of aryl methyl sites for hydroxylation is 1. The second-order valence-electron chi connectivity index (χ2n) is 9.00. The Morgan fingerprint density at radius 2 is 1.88 bits per heavy atom. The lowest BCUT2D eigenvalue weighted by molar-refractivity contribution is -0.136. The highest BCUT2D eigenvalue weighted by atomic mass is 16.5. The summed E-state index contributed by atoms with van der Waals surface area (Å²) in [6.45, 7) is 0.878. The minimum absolute atomic E-state index is 0.0358. The van der Waals surface area contributed by atoms with E-state index in [2.05, 4.69) is 15.6 Å². The summed E-state index contributed by atoms with van der Waals surface area (Å²) in [5.41, 5.74) is 2.50. The summed E-state index contributed by atoms with van der Waals surface area (Å²) >= 11 is 0. The van der Waals surface area contributed by atoms with Gasteiger partial charge in [0.1, 0.15) is 23.7 Å². The minimum atomic E-state index is -0.0675. The van der Waals surface area contributed by atoms with Gasteiger partial charge in [-0.15, -0.1) is 5.10 Å². The Morgan fingerprint density at radius 3 is 2.61 bits per heavy atom. The molecule has 178 valence electrons. The molecule has 1 N–H and O–H groups in total. The Morgan fingerprint density at radius 1 is 1.15 bits per heavy atom. The first-order valence-corrected chi connectivity index (χ1v) is 11.8. The van der Waals surface area contributed by atoms with E-state index in [0.29, 0.717) is 25.5 Å². The standard InChI is InChI=1S/C24H33N5O4/c1-28(18-6-3-4-7-18)24(31)25-15-22-23(26-27-29(22)2)17-10-12-19(13-11-17)33-21-9-5-8-20(14-21)32-16-30/h10-13,16,18,20-21H,3-9,14-15H2,1-2H3,(H,25,31)/t20-,21-/m0/s1. The minimum Gasteiger partial charge on any atom is -0.490 e. The van der Waals surface area contributed by atoms with Crippen molar-refractivity contribution in [2.75, 3.05) is 7.05 Å². The summed E-state index contributed by atoms with van der Waals surface area (Å²) in [4.78, 5) is 25.0. The van der Waals surface area contributed by atoms with Crippen molar-refractivity contribution >= 4 is 12.5 Å². The van der Waals surface area contributed by atoms with Crippen LogP contribution in [0.2, 0.25) is 0 Å². The molecule has 9 nitrogen and oxygen atoms in total. The molecule has 2 saturated carbocycles. The molecule has 9 heteroatoms. The lowest BCUT2D eigenvalue weighted by Crippen LogP contribution is -2.42. The topological polar surface area (TPSA) is 98.6 Å². The number of nitrogens with one attached hydrogen (secondary N) is 1. The van der Waals surface area contributed by atoms with Crippen LogP contribution in [0.1, 0.15) is 57.1 Å². The van der Waals surface area contributed by atoms with Gasteiger partial charge in [-0.05, 0) is 56.4 Å². The quantitative estimate of drug-likeness (QED) is 0.613. The lowest BCUT2D eigenvalue weighted by atomic mass is 9.95. The molecule has 0 radical (unpaired) electrons. The van der Waals surface area contributed by atoms with Gasteiger partial charge >= 0.3 is 6.03 Å². The average molecular weight is 456 g/mol. The summed E-state index contributed by atoms with van der Waals surface area (Å²) in [7, 11) is 3.70. The lowest BCUT2D eigenvalue weighted by Gasteiger charge is -2.28. The van der Waals surface area contributed by atoms with Gasteiger partial charge in [-0.2, -0.15) is 0 Å². The number of amides is 2. The van der Waals surface area contributed by atoms with Crippen molar-refractivity contribution in [1.29, 1.82) is 0 Å². The molecule has 0 aliphatic heterocycles. The van der Waals surface area contributed by atoms with Crippen LogP contribution in [0.4, 0.5) is 4.79 Å². The highest BCUT2D eigenvalue weighted by Crippen LogP contribution is 2.28. The van der Waals surface area contributed by atoms with Crippen molar-refractivity contribution < 1.29 is 19.1 Å². The monoisotopic (exact) mass is 455 g/mol. The van der Waals surface area contributed by atoms with E-state index < -0.39 is 0 Å². The van der Waals surface area contributed by atoms with Crippen molar-refractivity contribution in [2.24, 2.45) is 7.05 Å². The third-order valence-corrected chi connectivity index (χ3v) is 6.80. The fourth-order valence-electron chi connectivity index (χ4n) is 4.84. The number of hydrogen-bond acceptors (Lipinski definition) is 6. The van der Waals surface area contributed by atoms with Crippen LogP contribution < -0.4 is 10.1 Å². The fourth-order valence-corrected chi connectivity index (χ4v) is 4.84. The van der Waals surface area contributed by atoms with Gasteiger partial charge in [0.25, 0.3) is 6.47 Å². The maximum Gasteiger partial charge on any atom is 0.317 e. The van der Waals surface area contributed by atoms with Crippen LogP contribution in [0.25, 0.3) is 11.3 Å². The number of benzene rings is 1. The number of urea groups is 1. The zero-order chi connectivity index (χ0) is 23.2. The van der Waals surface area contributed by atoms with E-state index in [0.717, 1.165) is 54.8 Å². The molecule has 1 aromatic carbocycles. The molecule has 0 unspecified atom stereocenters. The molecule has 2 aliphatic carbocycles. The van der Waals surface area contributed by atoms with Gasteiger partial charge in [0.2, 0.25) is 0 Å². The summed E-state index contributed by atoms with van der Waals surface area (Å²) in [5.74, 6) is 0.771. The van der Waals surface area contributed by atoms with Crippen molar-refractivity contribution in [2.45, 2.75) is 76.2 Å². The first-order chi connectivity index (χ1) is 16.0. The van der Waals surface area contributed by atoms with Gasteiger partial charge in [0.15, 0.2) is 0 Å². The van der Waals surface area contributed by atoms with Gasteiger partial charge in [0, 0.05) is 32.1 Å². The summed E-state index contributed by atoms with van der Waals surface area (Å²) in [6, 6.07) is 8.01. The molecule has 0 bridgehead atoms. The predicted molar refractivity (Wildman–Crippen MR) is 123 cm³/mol. The molecule has 0 spiro atoms. The number of aromatic nitrogens is 3. The van der Waals surface area contributed by atoms with E-state index in [-0.39, 0.29) is 18.2 Å². The highest BCUT2D eigenvalue weighted by molar-refractivity contribution is 5.74. The molecule has 2 atom stereocenters. The maximum atomic E-state index is 12.6. The smallest absolute Gasteiger partial charge is 0.317 e. The maximum absolute atomic E-state index is 12.6. The normalized spacial score (nSPS) is 20.9. The van der Waals surface area contributed by atoms with Crippen LogP contribution in [0, 0.1) is 0 Å². The Balaban J connectivity index is 1.37. The second kappa shape index (κ2) is 10.7. The largest absolute Gasteiger partial charge is 0.490 e. The van der Waals surface area contributed by atoms with Crippen LogP contribution in [0.5, 0.6) is 5.75 Å². The van der Waals surface area contributed by atoms with E-state index in [1.807, 2.05) is 43.3 Å². The van der Waals surface area contributed by atoms with Gasteiger partial charge < -0.3 is 19.7 Å². The van der Waals surface area contributed by atoms with Gasteiger partial charge in [0.05, 0.1) is 12.2 Å². The number of carbonyl (C=O) groups is 2. The highest BCUT2D eigenvalue weighted by Gasteiger charge is 2.25. The average Bonchev–Trinajstić information content (AvgIpc) is 3.48. The molecule has 1 heterocycles. The molecular formula is C24H33N5O4. The molecule has 4 rings (SSSR count). The Hall–Kier alpha value is -3.10. The predicted octanol–water partition coefficient (Wildman–Crippen LogP) is 3.43. The zero-order valence-electron chi connectivity index (χ0n) is 19.4. The number of rotatable bonds is 8. The summed E-state index contributed by atoms with van der Waals surface area (Å²) < 4.78 is 12.9. The van der Waals surface area contributed by atoms with E-state index >= 15 is 0 Å². The van der Waals surface area contributed by atoms with E-state index in [1.54, 1.807) is 4.68 Å². The Bertz CT molecular complexity index is 939. The molecule has 2 fully saturated rings. The van der Waals surface area contributed by atoms with E-state index in [9.17, 15) is 9.59 Å². The zero-order valence-corrected chi connectivity index (χ0v) is 19.4. The molecule has 2 aromatic rings. The van der Waals surface area contributed by atoms with E-state index in [4.69, 9.17) is 9.47 Å². The Kier molecular flexibility index (Phi) is 7.47. The van der Waals surface area contributed by atoms with Crippen LogP contribution in [0.3, 0.4) is 0 Å². The number of carbonyl (C=O) groups excluding carboxylic acids is 2. The van der Waals surface area contributed by atoms with Crippen LogP contribution in [-0.4, -0.2) is 57.7 Å². The number of nitrogens with zero attached hydrogens (tertiary/aromatic N) is 4. The number of hydrogen-bond donors (Lipinski definition) is 1. The summed E-state index contributed by atoms with van der Waals surface area (Å²) in [5, 5.41) is 11.5. The molecule has 33 heavy (non-hydrogen) atoms. The van der Waals surface area contributed by atoms with Crippen molar-refractivity contribution in [1.82, 2.24) is 25.2 Å². The molecular weight excluding hydrogens is 422 g/mol. The summed E-state index contributed by atoms with van der Waals surface area (Å²) in [6.07, 6.45) is 8.01. The van der Waals surface area contributed by atoms with Gasteiger partial charge in [-0.3, -0.25) is 4.79 Å². The number of ether oxygens (including phenoxy) is 2. The second-order valence-corrected chi connectivity index (χ2v) is 9.00. The van der Waals surface area contributed by atoms with Crippen LogP contribution >= 0.6 is 0 Å². The van der Waals surface area contributed by atoms with Crippen LogP contribution in [0.15, 0.2) is 24.3 Å². The first kappa shape index (κ1) is 23.1. The first-order valence-electron chi connectivity index (χ1n) is 11.8. The molecule has 2 amide bonds. The molecule has 0 saturated heterocycles.